The summed E-state index contributed by atoms with van der Waals surface area (Å²) < 4.78 is 17.1. The molecule has 2 aromatic rings. The maximum absolute atomic E-state index is 12.4. The van der Waals surface area contributed by atoms with Crippen molar-refractivity contribution in [3.05, 3.63) is 33.6 Å². The van der Waals surface area contributed by atoms with Gasteiger partial charge in [-0.15, -0.1) is 16.4 Å². The van der Waals surface area contributed by atoms with Crippen LogP contribution in [-0.4, -0.2) is 37.7 Å². The molecule has 0 fully saturated rings. The number of carbonyl (C=O) groups is 2. The Labute approximate surface area is 148 Å². The number of rotatable bonds is 5. The van der Waals surface area contributed by atoms with Gasteiger partial charge in [-0.25, -0.2) is 5.43 Å². The summed E-state index contributed by atoms with van der Waals surface area (Å²) in [6.45, 7) is 3.22. The number of nitrogens with one attached hydrogen (secondary N) is 1. The van der Waals surface area contributed by atoms with Gasteiger partial charge < -0.3 is 14.2 Å². The number of methoxy groups -OCH3 is 3. The van der Waals surface area contributed by atoms with Crippen molar-refractivity contribution in [2.45, 2.75) is 13.8 Å². The van der Waals surface area contributed by atoms with E-state index in [0.29, 0.717) is 22.0 Å². The Balaban J connectivity index is 2.36. The molecule has 0 aliphatic rings. The van der Waals surface area contributed by atoms with Gasteiger partial charge in [0.1, 0.15) is 0 Å². The van der Waals surface area contributed by atoms with Crippen LogP contribution in [-0.2, 0) is 0 Å². The molecular formula is C16H19N3O5S. The zero-order chi connectivity index (χ0) is 18.6. The minimum absolute atomic E-state index is 0.181. The highest BCUT2D eigenvalue weighted by atomic mass is 32.1. The summed E-state index contributed by atoms with van der Waals surface area (Å²) in [6, 6.07) is 3.04. The van der Waals surface area contributed by atoms with Crippen molar-refractivity contribution < 1.29 is 23.8 Å². The van der Waals surface area contributed by atoms with Gasteiger partial charge in [-0.3, -0.25) is 14.2 Å². The molecule has 1 amide bonds. The molecule has 2 rings (SSSR count). The lowest BCUT2D eigenvalue weighted by Gasteiger charge is -2.13. The molecule has 134 valence electrons. The summed E-state index contributed by atoms with van der Waals surface area (Å²) in [5.41, 5.74) is 3.46. The molecule has 0 aliphatic heterocycles. The molecule has 0 radical (unpaired) electrons. The summed E-state index contributed by atoms with van der Waals surface area (Å²) in [4.78, 5) is 24.4. The average molecular weight is 365 g/mol. The molecule has 8 nitrogen and oxygen atoms in total. The third-order valence-electron chi connectivity index (χ3n) is 3.37. The van der Waals surface area contributed by atoms with Gasteiger partial charge in [0.15, 0.2) is 11.5 Å². The van der Waals surface area contributed by atoms with Gasteiger partial charge in [0, 0.05) is 23.6 Å². The molecule has 0 unspecified atom stereocenters. The van der Waals surface area contributed by atoms with Gasteiger partial charge in [0.2, 0.25) is 16.5 Å². The normalized spacial score (nSPS) is 11.2. The third kappa shape index (κ3) is 3.82. The minimum Gasteiger partial charge on any atom is -0.493 e. The van der Waals surface area contributed by atoms with E-state index in [2.05, 4.69) is 10.5 Å². The second-order valence-corrected chi connectivity index (χ2v) is 5.82. The lowest BCUT2D eigenvalue weighted by molar-refractivity contribution is 0.0920. The fraction of sp³-hybridized carbons (Fsp3) is 0.312. The monoisotopic (exact) mass is 365 g/mol. The zero-order valence-corrected chi connectivity index (χ0v) is 15.4. The number of ether oxygens (including phenoxy) is 3. The Hall–Kier alpha value is -2.81. The van der Waals surface area contributed by atoms with E-state index in [1.54, 1.807) is 12.3 Å². The fourth-order valence-corrected chi connectivity index (χ4v) is 3.09. The van der Waals surface area contributed by atoms with Crippen molar-refractivity contribution in [1.29, 1.82) is 0 Å². The van der Waals surface area contributed by atoms with Crippen molar-refractivity contribution in [1.82, 2.24) is 9.99 Å². The molecule has 0 saturated carbocycles. The standard InChI is InChI=1S/C16H19N3O5S/c1-9-8-25-16(19(9)10(2)20)18-17-15(21)11-6-12(22-3)14(24-5)13(7-11)23-4/h6-8H,1-5H3,(H,17,21)/b18-16+. The number of aryl methyl sites for hydroxylation is 1. The molecule has 0 saturated heterocycles. The van der Waals surface area contributed by atoms with Crippen LogP contribution in [0.2, 0.25) is 0 Å². The first-order chi connectivity index (χ1) is 11.9. The first-order valence-corrected chi connectivity index (χ1v) is 8.13. The van der Waals surface area contributed by atoms with Crippen molar-refractivity contribution in [3.63, 3.8) is 0 Å². The number of hydrogen-bond acceptors (Lipinski definition) is 7. The third-order valence-corrected chi connectivity index (χ3v) is 4.32. The van der Waals surface area contributed by atoms with Crippen LogP contribution in [0.1, 0.15) is 27.8 Å². The smallest absolute Gasteiger partial charge is 0.271 e. The molecule has 9 heteroatoms. The van der Waals surface area contributed by atoms with Crippen LogP contribution >= 0.6 is 11.3 Å². The van der Waals surface area contributed by atoms with Crippen LogP contribution < -0.4 is 24.4 Å². The highest BCUT2D eigenvalue weighted by Crippen LogP contribution is 2.38. The van der Waals surface area contributed by atoms with Gasteiger partial charge >= 0.3 is 0 Å². The van der Waals surface area contributed by atoms with Crippen molar-refractivity contribution in [2.24, 2.45) is 5.10 Å². The molecule has 1 aromatic carbocycles. The molecule has 25 heavy (non-hydrogen) atoms. The van der Waals surface area contributed by atoms with Crippen molar-refractivity contribution in [3.8, 4) is 17.2 Å². The maximum Gasteiger partial charge on any atom is 0.271 e. The van der Waals surface area contributed by atoms with Crippen LogP contribution in [0.25, 0.3) is 0 Å². The van der Waals surface area contributed by atoms with E-state index < -0.39 is 5.91 Å². The van der Waals surface area contributed by atoms with Crippen LogP contribution in [0.4, 0.5) is 0 Å². The van der Waals surface area contributed by atoms with Gasteiger partial charge in [0.05, 0.1) is 21.3 Å². The highest BCUT2D eigenvalue weighted by Gasteiger charge is 2.17. The van der Waals surface area contributed by atoms with E-state index in [9.17, 15) is 9.59 Å². The van der Waals surface area contributed by atoms with Crippen LogP contribution in [0.3, 0.4) is 0 Å². The Morgan fingerprint density at radius 1 is 1.12 bits per heavy atom. The molecular weight excluding hydrogens is 346 g/mol. The molecule has 0 spiro atoms. The van der Waals surface area contributed by atoms with Crippen LogP contribution in [0.15, 0.2) is 22.6 Å². The first kappa shape index (κ1) is 18.5. The Kier molecular flexibility index (Phi) is 5.81. The number of hydrogen-bond donors (Lipinski definition) is 1. The van der Waals surface area contributed by atoms with Gasteiger partial charge in [-0.1, -0.05) is 0 Å². The summed E-state index contributed by atoms with van der Waals surface area (Å²) >= 11 is 1.25. The van der Waals surface area contributed by atoms with Crippen molar-refractivity contribution in [2.75, 3.05) is 21.3 Å². The predicted molar refractivity (Wildman–Crippen MR) is 92.5 cm³/mol. The molecule has 0 aliphatic carbocycles. The van der Waals surface area contributed by atoms with Gasteiger partial charge in [-0.05, 0) is 19.1 Å². The lowest BCUT2D eigenvalue weighted by Crippen LogP contribution is -2.27. The van der Waals surface area contributed by atoms with E-state index in [1.165, 1.54) is 56.3 Å². The van der Waals surface area contributed by atoms with Crippen LogP contribution in [0, 0.1) is 6.92 Å². The van der Waals surface area contributed by atoms with E-state index in [4.69, 9.17) is 14.2 Å². The Morgan fingerprint density at radius 3 is 2.20 bits per heavy atom. The lowest BCUT2D eigenvalue weighted by atomic mass is 10.1. The number of carbonyl (C=O) groups excluding carboxylic acids is 2. The van der Waals surface area contributed by atoms with Gasteiger partial charge in [0.25, 0.3) is 5.91 Å². The fourth-order valence-electron chi connectivity index (χ4n) is 2.23. The quantitative estimate of drug-likeness (QED) is 0.816. The Morgan fingerprint density at radius 2 is 1.72 bits per heavy atom. The number of thiazole rings is 1. The SMILES string of the molecule is COc1cc(C(=O)N/N=c2/scc(C)n2C(C)=O)cc(OC)c1OC. The maximum atomic E-state index is 12.4. The number of nitrogens with zero attached hydrogens (tertiary/aromatic N) is 2. The van der Waals surface area contributed by atoms with E-state index >= 15 is 0 Å². The Bertz CT molecular complexity index is 844. The molecule has 0 atom stereocenters. The van der Waals surface area contributed by atoms with Crippen molar-refractivity contribution >= 4 is 23.2 Å². The largest absolute Gasteiger partial charge is 0.493 e. The molecule has 1 aromatic heterocycles. The summed E-state index contributed by atoms with van der Waals surface area (Å²) in [6.07, 6.45) is 0. The van der Waals surface area contributed by atoms with E-state index in [1.807, 2.05) is 0 Å². The second-order valence-electron chi connectivity index (χ2n) is 4.98. The zero-order valence-electron chi connectivity index (χ0n) is 14.6. The summed E-state index contributed by atoms with van der Waals surface area (Å²) in [5, 5.41) is 5.81. The number of amides is 1. The van der Waals surface area contributed by atoms with E-state index in [0.717, 1.165) is 5.69 Å². The first-order valence-electron chi connectivity index (χ1n) is 7.25. The topological polar surface area (TPSA) is 91.2 Å². The molecule has 1 heterocycles. The van der Waals surface area contributed by atoms with Crippen LogP contribution in [0.5, 0.6) is 17.2 Å². The number of aromatic nitrogens is 1. The average Bonchev–Trinajstić information content (AvgIpc) is 2.98. The summed E-state index contributed by atoms with van der Waals surface area (Å²) in [5.74, 6) is 0.456. The van der Waals surface area contributed by atoms with Gasteiger partial charge in [-0.2, -0.15) is 0 Å². The molecule has 0 bridgehead atoms. The number of benzene rings is 1. The van der Waals surface area contributed by atoms with E-state index in [-0.39, 0.29) is 11.5 Å². The predicted octanol–water partition coefficient (Wildman–Crippen LogP) is 1.79. The highest BCUT2D eigenvalue weighted by molar-refractivity contribution is 7.07. The molecule has 1 N–H and O–H groups in total. The summed E-state index contributed by atoms with van der Waals surface area (Å²) in [7, 11) is 4.41. The second kappa shape index (κ2) is 7.84. The minimum atomic E-state index is -0.472.